The summed E-state index contributed by atoms with van der Waals surface area (Å²) in [5.74, 6) is 1.16. The summed E-state index contributed by atoms with van der Waals surface area (Å²) in [4.78, 5) is 20.3. The highest BCUT2D eigenvalue weighted by Crippen LogP contribution is 2.34. The first-order valence-corrected chi connectivity index (χ1v) is 12.5. The van der Waals surface area contributed by atoms with Crippen molar-refractivity contribution in [2.45, 2.75) is 46.8 Å². The van der Waals surface area contributed by atoms with E-state index in [1.165, 1.54) is 10.4 Å². The maximum absolute atomic E-state index is 11.1. The lowest BCUT2D eigenvalue weighted by molar-refractivity contribution is -0.124. The SMILES string of the molecule is CCc1cc(-c2noc(-c3cc(C)c(CN(C)CC)s3)n2)cc(C)c1OCC(O)CNC(=O)CO. The van der Waals surface area contributed by atoms with Gasteiger partial charge < -0.3 is 29.7 Å². The number of rotatable bonds is 12. The van der Waals surface area contributed by atoms with Gasteiger partial charge in [-0.2, -0.15) is 4.98 Å². The molecular weight excluding hydrogens is 468 g/mol. The zero-order valence-electron chi connectivity index (χ0n) is 20.9. The Balaban J connectivity index is 1.75. The second-order valence-corrected chi connectivity index (χ2v) is 9.67. The average molecular weight is 503 g/mol. The van der Waals surface area contributed by atoms with E-state index >= 15 is 0 Å². The van der Waals surface area contributed by atoms with E-state index < -0.39 is 18.6 Å². The molecule has 1 unspecified atom stereocenters. The molecule has 0 fully saturated rings. The van der Waals surface area contributed by atoms with Gasteiger partial charge in [0.2, 0.25) is 11.7 Å². The normalized spacial score (nSPS) is 12.2. The lowest BCUT2D eigenvalue weighted by atomic mass is 10.0. The first-order chi connectivity index (χ1) is 16.7. The van der Waals surface area contributed by atoms with Crippen LogP contribution in [-0.4, -0.2) is 70.6 Å². The summed E-state index contributed by atoms with van der Waals surface area (Å²) in [6.45, 7) is 9.45. The average Bonchev–Trinajstić information content (AvgIpc) is 3.48. The molecule has 2 aromatic heterocycles. The molecule has 35 heavy (non-hydrogen) atoms. The number of aliphatic hydroxyl groups excluding tert-OH is 2. The number of aryl methyl sites for hydroxylation is 3. The number of carbonyl (C=O) groups excluding carboxylic acids is 1. The standard InChI is InChI=1S/C25H34N4O5S/c1-6-17-10-18(8-16(4)23(17)33-14-19(31)11-26-22(32)13-30)24-27-25(34-28-24)20-9-15(3)21(35-20)12-29(5)7-2/h8-10,19,30-31H,6-7,11-14H2,1-5H3,(H,26,32). The Hall–Kier alpha value is -2.79. The summed E-state index contributed by atoms with van der Waals surface area (Å²) in [5.41, 5.74) is 3.88. The Bertz CT molecular complexity index is 1140. The molecule has 0 saturated heterocycles. The molecule has 0 aliphatic rings. The van der Waals surface area contributed by atoms with E-state index in [1.807, 2.05) is 26.0 Å². The molecule has 0 saturated carbocycles. The van der Waals surface area contributed by atoms with Crippen molar-refractivity contribution in [2.24, 2.45) is 0 Å². The van der Waals surface area contributed by atoms with Crippen LogP contribution in [0.3, 0.4) is 0 Å². The molecule has 1 atom stereocenters. The van der Waals surface area contributed by atoms with Gasteiger partial charge in [-0.1, -0.05) is 19.0 Å². The third kappa shape index (κ3) is 6.88. The number of benzene rings is 1. The third-order valence-corrected chi connectivity index (χ3v) is 6.91. The maximum atomic E-state index is 11.1. The van der Waals surface area contributed by atoms with Gasteiger partial charge in [0.15, 0.2) is 0 Å². The van der Waals surface area contributed by atoms with Gasteiger partial charge in [-0.25, -0.2) is 0 Å². The Labute approximate surface area is 209 Å². The van der Waals surface area contributed by atoms with E-state index in [0.29, 0.717) is 23.9 Å². The second kappa shape index (κ2) is 12.3. The summed E-state index contributed by atoms with van der Waals surface area (Å²) in [6, 6.07) is 6.00. The minimum absolute atomic E-state index is 0.00224. The number of hydrogen-bond donors (Lipinski definition) is 3. The first kappa shape index (κ1) is 26.8. The molecule has 1 aromatic carbocycles. The lowest BCUT2D eigenvalue weighted by Crippen LogP contribution is -2.36. The summed E-state index contributed by atoms with van der Waals surface area (Å²) in [7, 11) is 2.10. The van der Waals surface area contributed by atoms with Crippen molar-refractivity contribution in [3.63, 3.8) is 0 Å². The minimum Gasteiger partial charge on any atom is -0.490 e. The van der Waals surface area contributed by atoms with Crippen molar-refractivity contribution in [1.29, 1.82) is 0 Å². The Morgan fingerprint density at radius 1 is 1.26 bits per heavy atom. The van der Waals surface area contributed by atoms with Crippen LogP contribution in [0.2, 0.25) is 0 Å². The van der Waals surface area contributed by atoms with Crippen LogP contribution in [-0.2, 0) is 17.8 Å². The van der Waals surface area contributed by atoms with Crippen LogP contribution in [0.4, 0.5) is 0 Å². The number of nitrogens with one attached hydrogen (secondary N) is 1. The van der Waals surface area contributed by atoms with Gasteiger partial charge in [-0.15, -0.1) is 11.3 Å². The zero-order valence-corrected chi connectivity index (χ0v) is 21.7. The summed E-state index contributed by atoms with van der Waals surface area (Å²) >= 11 is 1.67. The molecule has 9 nitrogen and oxygen atoms in total. The van der Waals surface area contributed by atoms with Gasteiger partial charge in [0.1, 0.15) is 25.1 Å². The highest BCUT2D eigenvalue weighted by molar-refractivity contribution is 7.15. The molecule has 3 aromatic rings. The highest BCUT2D eigenvalue weighted by atomic mass is 32.1. The van der Waals surface area contributed by atoms with Crippen molar-refractivity contribution < 1.29 is 24.3 Å². The summed E-state index contributed by atoms with van der Waals surface area (Å²) in [6.07, 6.45) is -0.185. The van der Waals surface area contributed by atoms with E-state index in [9.17, 15) is 9.90 Å². The number of thiophene rings is 1. The van der Waals surface area contributed by atoms with E-state index in [0.717, 1.165) is 34.7 Å². The molecule has 3 N–H and O–H groups in total. The molecule has 1 amide bonds. The number of amides is 1. The van der Waals surface area contributed by atoms with E-state index in [2.05, 4.69) is 47.3 Å². The Morgan fingerprint density at radius 3 is 2.71 bits per heavy atom. The molecule has 0 aliphatic carbocycles. The Morgan fingerprint density at radius 2 is 2.03 bits per heavy atom. The monoisotopic (exact) mass is 502 g/mol. The van der Waals surface area contributed by atoms with Crippen LogP contribution in [0.1, 0.15) is 35.4 Å². The number of ether oxygens (including phenoxy) is 1. The molecule has 0 bridgehead atoms. The highest BCUT2D eigenvalue weighted by Gasteiger charge is 2.18. The van der Waals surface area contributed by atoms with Gasteiger partial charge in [0.05, 0.1) is 4.88 Å². The first-order valence-electron chi connectivity index (χ1n) is 11.7. The number of carbonyl (C=O) groups is 1. The molecule has 10 heteroatoms. The van der Waals surface area contributed by atoms with Gasteiger partial charge in [-0.05, 0) is 68.8 Å². The molecule has 2 heterocycles. The van der Waals surface area contributed by atoms with Crippen molar-refractivity contribution >= 4 is 17.2 Å². The number of aromatic nitrogens is 2. The van der Waals surface area contributed by atoms with Crippen molar-refractivity contribution in [3.05, 3.63) is 39.8 Å². The van der Waals surface area contributed by atoms with E-state index in [1.54, 1.807) is 11.3 Å². The van der Waals surface area contributed by atoms with Gasteiger partial charge in [-0.3, -0.25) is 4.79 Å². The Kier molecular flexibility index (Phi) is 9.39. The molecule has 190 valence electrons. The smallest absolute Gasteiger partial charge is 0.268 e. The third-order valence-electron chi connectivity index (χ3n) is 5.70. The van der Waals surface area contributed by atoms with Gasteiger partial charge in [0.25, 0.3) is 5.89 Å². The van der Waals surface area contributed by atoms with Crippen molar-refractivity contribution in [2.75, 3.05) is 33.4 Å². The molecule has 0 aliphatic heterocycles. The van der Waals surface area contributed by atoms with Crippen molar-refractivity contribution in [3.8, 4) is 27.9 Å². The number of nitrogens with zero attached hydrogens (tertiary/aromatic N) is 3. The van der Waals surface area contributed by atoms with Crippen molar-refractivity contribution in [1.82, 2.24) is 20.4 Å². The van der Waals surface area contributed by atoms with Crippen LogP contribution >= 0.6 is 11.3 Å². The minimum atomic E-state index is -0.898. The second-order valence-electron chi connectivity index (χ2n) is 8.53. The van der Waals surface area contributed by atoms with Crippen LogP contribution in [0, 0.1) is 13.8 Å². The molecule has 0 radical (unpaired) electrons. The van der Waals surface area contributed by atoms with Gasteiger partial charge in [0, 0.05) is 23.5 Å². The molecule has 3 rings (SSSR count). The van der Waals surface area contributed by atoms with Crippen LogP contribution in [0.25, 0.3) is 22.2 Å². The molecular formula is C25H34N4O5S. The van der Waals surface area contributed by atoms with Crippen LogP contribution in [0.15, 0.2) is 22.7 Å². The zero-order chi connectivity index (χ0) is 25.5. The number of hydrogen-bond acceptors (Lipinski definition) is 9. The fourth-order valence-corrected chi connectivity index (χ4v) is 4.73. The van der Waals surface area contributed by atoms with E-state index in [4.69, 9.17) is 14.4 Å². The van der Waals surface area contributed by atoms with Crippen LogP contribution < -0.4 is 10.1 Å². The maximum Gasteiger partial charge on any atom is 0.268 e. The molecule has 0 spiro atoms. The van der Waals surface area contributed by atoms with E-state index in [-0.39, 0.29) is 13.2 Å². The lowest BCUT2D eigenvalue weighted by Gasteiger charge is -2.17. The number of aliphatic hydroxyl groups is 2. The summed E-state index contributed by atoms with van der Waals surface area (Å²) in [5, 5.41) is 25.5. The van der Waals surface area contributed by atoms with Crippen LogP contribution in [0.5, 0.6) is 5.75 Å². The largest absolute Gasteiger partial charge is 0.490 e. The fraction of sp³-hybridized carbons (Fsp3) is 0.480. The predicted octanol–water partition coefficient (Wildman–Crippen LogP) is 2.94. The topological polar surface area (TPSA) is 121 Å². The predicted molar refractivity (Wildman–Crippen MR) is 136 cm³/mol. The van der Waals surface area contributed by atoms with Gasteiger partial charge >= 0.3 is 0 Å². The quantitative estimate of drug-likeness (QED) is 0.346. The summed E-state index contributed by atoms with van der Waals surface area (Å²) < 4.78 is 11.5. The fourth-order valence-electron chi connectivity index (χ4n) is 3.55.